The molecule has 0 spiro atoms. The maximum absolute atomic E-state index is 12.5. The minimum Gasteiger partial charge on any atom is -0.493 e. The van der Waals surface area contributed by atoms with Gasteiger partial charge in [-0.05, 0) is 37.6 Å². The zero-order chi connectivity index (χ0) is 17.0. The van der Waals surface area contributed by atoms with Crippen LogP contribution in [0, 0.1) is 13.8 Å². The Morgan fingerprint density at radius 1 is 0.957 bits per heavy atom. The smallest absolute Gasteiger partial charge is 0.339 e. The first-order valence-corrected chi connectivity index (χ1v) is 7.10. The number of rotatable bonds is 5. The van der Waals surface area contributed by atoms with Gasteiger partial charge in [-0.2, -0.15) is 0 Å². The molecule has 0 radical (unpaired) electrons. The molecule has 0 fully saturated rings. The van der Waals surface area contributed by atoms with E-state index in [9.17, 15) is 4.79 Å². The molecule has 6 nitrogen and oxygen atoms in total. The van der Waals surface area contributed by atoms with Crippen LogP contribution in [0.15, 0.2) is 24.3 Å². The molecule has 0 atom stereocenters. The first-order chi connectivity index (χ1) is 11.0. The Labute approximate surface area is 135 Å². The van der Waals surface area contributed by atoms with Crippen LogP contribution in [0.4, 0.5) is 5.82 Å². The van der Waals surface area contributed by atoms with Crippen LogP contribution >= 0.6 is 0 Å². The Morgan fingerprint density at radius 2 is 1.57 bits per heavy atom. The second-order valence-electron chi connectivity index (χ2n) is 5.12. The van der Waals surface area contributed by atoms with Crippen molar-refractivity contribution in [3.63, 3.8) is 0 Å². The minimum absolute atomic E-state index is 0.273. The lowest BCUT2D eigenvalue weighted by atomic mass is 10.1. The number of benzene rings is 1. The summed E-state index contributed by atoms with van der Waals surface area (Å²) < 4.78 is 15.8. The van der Waals surface area contributed by atoms with E-state index in [4.69, 9.17) is 14.2 Å². The third kappa shape index (κ3) is 3.71. The number of nitrogens with one attached hydrogen (secondary N) is 2. The fraction of sp³-hybridized carbons (Fsp3) is 0.294. The van der Waals surface area contributed by atoms with Crippen molar-refractivity contribution in [2.45, 2.75) is 13.8 Å². The molecule has 0 aliphatic carbocycles. The Bertz CT molecular complexity index is 683. The highest BCUT2D eigenvalue weighted by Crippen LogP contribution is 2.38. The van der Waals surface area contributed by atoms with Gasteiger partial charge >= 0.3 is 5.91 Å². The molecule has 2 aromatic rings. The molecule has 6 heteroatoms. The van der Waals surface area contributed by atoms with Gasteiger partial charge in [0.15, 0.2) is 11.5 Å². The van der Waals surface area contributed by atoms with E-state index in [-0.39, 0.29) is 5.91 Å². The molecule has 122 valence electrons. The van der Waals surface area contributed by atoms with Crippen molar-refractivity contribution < 1.29 is 24.0 Å². The second-order valence-corrected chi connectivity index (χ2v) is 5.12. The Morgan fingerprint density at radius 3 is 2.04 bits per heavy atom. The first-order valence-electron chi connectivity index (χ1n) is 7.10. The summed E-state index contributed by atoms with van der Waals surface area (Å²) in [5.41, 5.74) is 2.43. The van der Waals surface area contributed by atoms with Crippen molar-refractivity contribution in [1.82, 2.24) is 0 Å². The largest absolute Gasteiger partial charge is 0.493 e. The number of anilines is 1. The van der Waals surface area contributed by atoms with Gasteiger partial charge in [0, 0.05) is 6.07 Å². The monoisotopic (exact) mass is 317 g/mol. The SMILES string of the molecule is COc1cc(C(=O)Nc2cc(C)cc(C)[nH+]2)cc(OC)c1OC. The van der Waals surface area contributed by atoms with Crippen LogP contribution in [0.25, 0.3) is 0 Å². The summed E-state index contributed by atoms with van der Waals surface area (Å²) in [4.78, 5) is 15.6. The zero-order valence-electron chi connectivity index (χ0n) is 13.9. The van der Waals surface area contributed by atoms with Gasteiger partial charge in [-0.15, -0.1) is 0 Å². The topological polar surface area (TPSA) is 70.9 Å². The zero-order valence-corrected chi connectivity index (χ0v) is 13.9. The molecule has 1 heterocycles. The summed E-state index contributed by atoms with van der Waals surface area (Å²) in [6.45, 7) is 3.90. The number of carbonyl (C=O) groups is 1. The number of H-pyrrole nitrogens is 1. The van der Waals surface area contributed by atoms with Gasteiger partial charge in [0.05, 0.1) is 32.6 Å². The van der Waals surface area contributed by atoms with Crippen molar-refractivity contribution >= 4 is 11.7 Å². The normalized spacial score (nSPS) is 10.1. The molecular formula is C17H21N2O4+. The van der Waals surface area contributed by atoms with E-state index < -0.39 is 0 Å². The molecule has 0 saturated heterocycles. The fourth-order valence-electron chi connectivity index (χ4n) is 2.37. The van der Waals surface area contributed by atoms with Crippen LogP contribution < -0.4 is 24.5 Å². The van der Waals surface area contributed by atoms with Crippen LogP contribution in [-0.2, 0) is 0 Å². The Hall–Kier alpha value is -2.76. The highest BCUT2D eigenvalue weighted by molar-refractivity contribution is 6.04. The van der Waals surface area contributed by atoms with Gasteiger partial charge in [0.25, 0.3) is 5.82 Å². The number of methoxy groups -OCH3 is 3. The van der Waals surface area contributed by atoms with E-state index in [0.717, 1.165) is 11.3 Å². The summed E-state index contributed by atoms with van der Waals surface area (Å²) in [5.74, 6) is 1.67. The highest BCUT2D eigenvalue weighted by atomic mass is 16.5. The van der Waals surface area contributed by atoms with Gasteiger partial charge < -0.3 is 14.2 Å². The summed E-state index contributed by atoms with van der Waals surface area (Å²) in [6.07, 6.45) is 0. The lowest BCUT2D eigenvalue weighted by Gasteiger charge is -2.13. The summed E-state index contributed by atoms with van der Waals surface area (Å²) in [6, 6.07) is 7.08. The molecule has 2 N–H and O–H groups in total. The van der Waals surface area contributed by atoms with Crippen LogP contribution in [-0.4, -0.2) is 27.2 Å². The number of carbonyl (C=O) groups excluding carboxylic acids is 1. The van der Waals surface area contributed by atoms with E-state index >= 15 is 0 Å². The quantitative estimate of drug-likeness (QED) is 0.919. The minimum atomic E-state index is -0.273. The van der Waals surface area contributed by atoms with Gasteiger partial charge in [-0.25, -0.2) is 15.1 Å². The average Bonchev–Trinajstić information content (AvgIpc) is 2.52. The number of amides is 1. The van der Waals surface area contributed by atoms with Crippen LogP contribution in [0.2, 0.25) is 0 Å². The average molecular weight is 317 g/mol. The van der Waals surface area contributed by atoms with Crippen molar-refractivity contribution in [1.29, 1.82) is 0 Å². The number of aryl methyl sites for hydroxylation is 2. The standard InChI is InChI=1S/C17H20N2O4/c1-10-6-11(2)18-15(7-10)19-17(20)12-8-13(21-3)16(23-5)14(9-12)22-4/h6-9H,1-5H3,(H,18,19,20)/p+1. The van der Waals surface area contributed by atoms with Crippen molar-refractivity contribution in [3.8, 4) is 17.2 Å². The number of hydrogen-bond acceptors (Lipinski definition) is 4. The molecule has 0 bridgehead atoms. The molecule has 1 amide bonds. The fourth-order valence-corrected chi connectivity index (χ4v) is 2.37. The highest BCUT2D eigenvalue weighted by Gasteiger charge is 2.20. The van der Waals surface area contributed by atoms with Gasteiger partial charge in [-0.1, -0.05) is 0 Å². The lowest BCUT2D eigenvalue weighted by Crippen LogP contribution is -2.21. The maximum Gasteiger partial charge on any atom is 0.339 e. The predicted octanol–water partition coefficient (Wildman–Crippen LogP) is 2.40. The van der Waals surface area contributed by atoms with E-state index in [2.05, 4.69) is 10.3 Å². The predicted molar refractivity (Wildman–Crippen MR) is 86.5 cm³/mol. The number of aromatic amines is 1. The molecule has 0 unspecified atom stereocenters. The van der Waals surface area contributed by atoms with E-state index in [1.165, 1.54) is 21.3 Å². The van der Waals surface area contributed by atoms with Crippen molar-refractivity contribution in [3.05, 3.63) is 41.1 Å². The first kappa shape index (κ1) is 16.6. The molecule has 0 aliphatic heterocycles. The molecule has 23 heavy (non-hydrogen) atoms. The second kappa shape index (κ2) is 7.00. The lowest BCUT2D eigenvalue weighted by molar-refractivity contribution is -0.370. The summed E-state index contributed by atoms with van der Waals surface area (Å²) in [5, 5.41) is 2.83. The van der Waals surface area contributed by atoms with Crippen molar-refractivity contribution in [2.75, 3.05) is 26.6 Å². The van der Waals surface area contributed by atoms with Crippen molar-refractivity contribution in [2.24, 2.45) is 0 Å². The summed E-state index contributed by atoms with van der Waals surface area (Å²) >= 11 is 0. The Balaban J connectivity index is 2.35. The van der Waals surface area contributed by atoms with Gasteiger partial charge in [0.1, 0.15) is 0 Å². The molecule has 1 aromatic heterocycles. The van der Waals surface area contributed by atoms with Gasteiger partial charge in [0.2, 0.25) is 5.75 Å². The van der Waals surface area contributed by atoms with Crippen LogP contribution in [0.1, 0.15) is 21.6 Å². The van der Waals surface area contributed by atoms with Crippen LogP contribution in [0.5, 0.6) is 17.2 Å². The van der Waals surface area contributed by atoms with E-state index in [1.54, 1.807) is 12.1 Å². The maximum atomic E-state index is 12.5. The molecule has 0 aliphatic rings. The van der Waals surface area contributed by atoms with E-state index in [0.29, 0.717) is 28.6 Å². The molecular weight excluding hydrogens is 296 g/mol. The number of ether oxygens (including phenoxy) is 3. The molecule has 1 aromatic carbocycles. The number of aromatic nitrogens is 1. The molecule has 0 saturated carbocycles. The third-order valence-electron chi connectivity index (χ3n) is 3.32. The van der Waals surface area contributed by atoms with E-state index in [1.807, 2.05) is 26.0 Å². The summed E-state index contributed by atoms with van der Waals surface area (Å²) in [7, 11) is 4.54. The van der Waals surface area contributed by atoms with Crippen LogP contribution in [0.3, 0.4) is 0 Å². The Kier molecular flexibility index (Phi) is 5.05. The molecule has 2 rings (SSSR count). The number of hydrogen-bond donors (Lipinski definition) is 1. The van der Waals surface area contributed by atoms with Gasteiger partial charge in [-0.3, -0.25) is 0 Å². The number of pyridine rings is 1. The third-order valence-corrected chi connectivity index (χ3v) is 3.32.